The van der Waals surface area contributed by atoms with Gasteiger partial charge in [-0.1, -0.05) is 13.3 Å². The van der Waals surface area contributed by atoms with E-state index in [1.54, 1.807) is 11.0 Å². The zero-order valence-electron chi connectivity index (χ0n) is 16.0. The first-order chi connectivity index (χ1) is 12.4. The molecule has 0 aromatic heterocycles. The minimum absolute atomic E-state index is 0.132. The minimum atomic E-state index is -0.532. The van der Waals surface area contributed by atoms with Crippen LogP contribution >= 0.6 is 0 Å². The maximum absolute atomic E-state index is 14.2. The van der Waals surface area contributed by atoms with Gasteiger partial charge < -0.3 is 14.5 Å². The summed E-state index contributed by atoms with van der Waals surface area (Å²) >= 11 is 0. The number of carbonyl (C=O) groups excluding carboxylic acids is 2. The molecule has 1 saturated heterocycles. The summed E-state index contributed by atoms with van der Waals surface area (Å²) in [5.74, 6) is -0.430. The molecule has 26 heavy (non-hydrogen) atoms. The molecule has 0 bridgehead atoms. The van der Waals surface area contributed by atoms with Crippen molar-refractivity contribution in [1.82, 2.24) is 9.80 Å². The number of rotatable bonds is 6. The maximum Gasteiger partial charge on any atom is 0.254 e. The largest absolute Gasteiger partial charge is 0.488 e. The molecular weight excluding hydrogens is 335 g/mol. The fourth-order valence-corrected chi connectivity index (χ4v) is 3.02. The molecule has 0 saturated carbocycles. The van der Waals surface area contributed by atoms with Crippen molar-refractivity contribution in [3.8, 4) is 5.75 Å². The number of carbonyl (C=O) groups is 2. The highest BCUT2D eigenvalue weighted by molar-refractivity contribution is 5.94. The van der Waals surface area contributed by atoms with E-state index in [1.165, 1.54) is 12.1 Å². The lowest BCUT2D eigenvalue weighted by atomic mass is 10.1. The van der Waals surface area contributed by atoms with Gasteiger partial charge in [0.25, 0.3) is 5.91 Å². The van der Waals surface area contributed by atoms with Crippen LogP contribution in [0.2, 0.25) is 0 Å². The van der Waals surface area contributed by atoms with Crippen molar-refractivity contribution in [3.63, 3.8) is 0 Å². The van der Waals surface area contributed by atoms with E-state index in [0.717, 1.165) is 19.3 Å². The Bertz CT molecular complexity index is 633. The fraction of sp³-hybridized carbons (Fsp3) is 0.600. The van der Waals surface area contributed by atoms with Gasteiger partial charge >= 0.3 is 0 Å². The summed E-state index contributed by atoms with van der Waals surface area (Å²) < 4.78 is 19.5. The van der Waals surface area contributed by atoms with Crippen LogP contribution in [0.3, 0.4) is 0 Å². The maximum atomic E-state index is 14.2. The number of hydrogen-bond donors (Lipinski definition) is 0. The smallest absolute Gasteiger partial charge is 0.254 e. The van der Waals surface area contributed by atoms with E-state index in [9.17, 15) is 14.0 Å². The number of amides is 2. The summed E-state index contributed by atoms with van der Waals surface area (Å²) in [4.78, 5) is 28.4. The lowest BCUT2D eigenvalue weighted by molar-refractivity contribution is -0.131. The molecule has 1 aliphatic heterocycles. The Kier molecular flexibility index (Phi) is 7.42. The second-order valence-electron chi connectivity index (χ2n) is 6.94. The number of ether oxygens (including phenoxy) is 1. The van der Waals surface area contributed by atoms with Crippen LogP contribution in [0, 0.1) is 5.82 Å². The second-order valence-corrected chi connectivity index (χ2v) is 6.94. The van der Waals surface area contributed by atoms with Gasteiger partial charge in [0.2, 0.25) is 5.91 Å². The fourth-order valence-electron chi connectivity index (χ4n) is 3.02. The molecule has 1 aromatic carbocycles. The van der Waals surface area contributed by atoms with E-state index >= 15 is 0 Å². The normalized spacial score (nSPS) is 15.1. The molecular formula is C20H29FN2O3. The van der Waals surface area contributed by atoms with Crippen molar-refractivity contribution in [3.05, 3.63) is 29.6 Å². The Morgan fingerprint density at radius 3 is 2.50 bits per heavy atom. The van der Waals surface area contributed by atoms with Gasteiger partial charge in [0.15, 0.2) is 11.6 Å². The molecule has 0 spiro atoms. The predicted octanol–water partition coefficient (Wildman–Crippen LogP) is 3.48. The van der Waals surface area contributed by atoms with Gasteiger partial charge in [-0.3, -0.25) is 9.59 Å². The average molecular weight is 364 g/mol. The van der Waals surface area contributed by atoms with Crippen molar-refractivity contribution < 1.29 is 18.7 Å². The molecule has 1 heterocycles. The molecule has 0 atom stereocenters. The van der Waals surface area contributed by atoms with E-state index in [-0.39, 0.29) is 23.7 Å². The van der Waals surface area contributed by atoms with Crippen LogP contribution in [-0.4, -0.2) is 53.9 Å². The topological polar surface area (TPSA) is 49.9 Å². The van der Waals surface area contributed by atoms with E-state index in [1.807, 2.05) is 18.7 Å². The number of hydrogen-bond acceptors (Lipinski definition) is 3. The highest BCUT2D eigenvalue weighted by atomic mass is 19.1. The molecule has 0 radical (unpaired) electrons. The molecule has 6 heteroatoms. The summed E-state index contributed by atoms with van der Waals surface area (Å²) in [6.07, 6.45) is 3.05. The van der Waals surface area contributed by atoms with E-state index in [2.05, 4.69) is 6.92 Å². The van der Waals surface area contributed by atoms with Crippen molar-refractivity contribution in [2.75, 3.05) is 26.2 Å². The minimum Gasteiger partial charge on any atom is -0.488 e. The molecule has 2 amide bonds. The highest BCUT2D eigenvalue weighted by Crippen LogP contribution is 2.21. The molecule has 0 aliphatic carbocycles. The summed E-state index contributed by atoms with van der Waals surface area (Å²) in [7, 11) is 0. The first-order valence-electron chi connectivity index (χ1n) is 9.45. The van der Waals surface area contributed by atoms with Crippen LogP contribution < -0.4 is 4.74 Å². The number of unbranched alkanes of at least 4 members (excludes halogenated alkanes) is 1. The van der Waals surface area contributed by atoms with Gasteiger partial charge in [-0.2, -0.15) is 0 Å². The molecule has 0 unspecified atom stereocenters. The number of benzene rings is 1. The second kappa shape index (κ2) is 9.55. The molecule has 5 nitrogen and oxygen atoms in total. The summed E-state index contributed by atoms with van der Waals surface area (Å²) in [5.41, 5.74) is 0.310. The van der Waals surface area contributed by atoms with Crippen LogP contribution in [-0.2, 0) is 4.79 Å². The van der Waals surface area contributed by atoms with E-state index < -0.39 is 5.82 Å². The number of nitrogens with zero attached hydrogens (tertiary/aromatic N) is 2. The standard InChI is InChI=1S/C20H29FN2O3/c1-4-5-7-19(24)22-10-6-11-23(13-12-22)20(25)16-8-9-18(17(21)14-16)26-15(2)3/h8-9,14-15H,4-7,10-13H2,1-3H3. The van der Waals surface area contributed by atoms with Crippen molar-refractivity contribution in [1.29, 1.82) is 0 Å². The summed E-state index contributed by atoms with van der Waals surface area (Å²) in [5, 5.41) is 0. The first kappa shape index (κ1) is 20.2. The van der Waals surface area contributed by atoms with Crippen LogP contribution in [0.1, 0.15) is 56.8 Å². The molecule has 0 N–H and O–H groups in total. The third-order valence-corrected chi connectivity index (χ3v) is 4.42. The van der Waals surface area contributed by atoms with Crippen molar-refractivity contribution in [2.24, 2.45) is 0 Å². The molecule has 1 aromatic rings. The predicted molar refractivity (Wildman–Crippen MR) is 98.8 cm³/mol. The van der Waals surface area contributed by atoms with Gasteiger partial charge in [0, 0.05) is 38.2 Å². The zero-order valence-corrected chi connectivity index (χ0v) is 16.0. The Labute approximate surface area is 155 Å². The summed E-state index contributed by atoms with van der Waals surface area (Å²) in [6.45, 7) is 7.96. The first-order valence-corrected chi connectivity index (χ1v) is 9.45. The van der Waals surface area contributed by atoms with Gasteiger partial charge in [-0.15, -0.1) is 0 Å². The van der Waals surface area contributed by atoms with Crippen LogP contribution in [0.15, 0.2) is 18.2 Å². The third-order valence-electron chi connectivity index (χ3n) is 4.42. The average Bonchev–Trinajstić information content (AvgIpc) is 2.86. The van der Waals surface area contributed by atoms with Gasteiger partial charge in [-0.25, -0.2) is 4.39 Å². The Balaban J connectivity index is 1.99. The lowest BCUT2D eigenvalue weighted by Crippen LogP contribution is -2.37. The van der Waals surface area contributed by atoms with Crippen LogP contribution in [0.5, 0.6) is 5.75 Å². The van der Waals surface area contributed by atoms with Gasteiger partial charge in [0.1, 0.15) is 0 Å². The van der Waals surface area contributed by atoms with Crippen LogP contribution in [0.25, 0.3) is 0 Å². The van der Waals surface area contributed by atoms with Gasteiger partial charge in [0.05, 0.1) is 6.10 Å². The van der Waals surface area contributed by atoms with Crippen molar-refractivity contribution in [2.45, 2.75) is 52.6 Å². The Morgan fingerprint density at radius 1 is 1.15 bits per heavy atom. The van der Waals surface area contributed by atoms with E-state index in [4.69, 9.17) is 4.74 Å². The zero-order chi connectivity index (χ0) is 19.1. The monoisotopic (exact) mass is 364 g/mol. The molecule has 1 fully saturated rings. The third kappa shape index (κ3) is 5.44. The van der Waals surface area contributed by atoms with Gasteiger partial charge in [-0.05, 0) is 44.9 Å². The summed E-state index contributed by atoms with van der Waals surface area (Å²) in [6, 6.07) is 4.33. The van der Waals surface area contributed by atoms with Crippen molar-refractivity contribution >= 4 is 11.8 Å². The quantitative estimate of drug-likeness (QED) is 0.776. The van der Waals surface area contributed by atoms with E-state index in [0.29, 0.717) is 38.2 Å². The Morgan fingerprint density at radius 2 is 1.85 bits per heavy atom. The lowest BCUT2D eigenvalue weighted by Gasteiger charge is -2.22. The molecule has 144 valence electrons. The highest BCUT2D eigenvalue weighted by Gasteiger charge is 2.23. The molecule has 1 aliphatic rings. The Hall–Kier alpha value is -2.11. The molecule has 2 rings (SSSR count). The number of halogens is 1. The van der Waals surface area contributed by atoms with Crippen LogP contribution in [0.4, 0.5) is 4.39 Å². The SMILES string of the molecule is CCCCC(=O)N1CCCN(C(=O)c2ccc(OC(C)C)c(F)c2)CC1.